The van der Waals surface area contributed by atoms with Crippen LogP contribution in [0.5, 0.6) is 5.75 Å². The fourth-order valence-corrected chi connectivity index (χ4v) is 3.12. The van der Waals surface area contributed by atoms with Gasteiger partial charge in [0.25, 0.3) is 0 Å². The summed E-state index contributed by atoms with van der Waals surface area (Å²) in [7, 11) is 0. The van der Waals surface area contributed by atoms with Gasteiger partial charge < -0.3 is 10.2 Å². The number of aliphatic hydroxyl groups excluding tert-OH is 1. The Morgan fingerprint density at radius 2 is 1.50 bits per heavy atom. The molecule has 0 spiro atoms. The van der Waals surface area contributed by atoms with E-state index in [0.29, 0.717) is 5.56 Å². The average Bonchev–Trinajstić information content (AvgIpc) is 2.68. The first-order valence-electron chi connectivity index (χ1n) is 9.57. The highest BCUT2D eigenvalue weighted by molar-refractivity contribution is 5.71. The summed E-state index contributed by atoms with van der Waals surface area (Å²) in [6.07, 6.45) is 6.23. The lowest BCUT2D eigenvalue weighted by molar-refractivity contribution is 0.182. The number of allylic oxidation sites excluding steroid dienone is 1. The molecule has 3 rings (SSSR count). The van der Waals surface area contributed by atoms with Crippen LogP contribution in [0.3, 0.4) is 0 Å². The summed E-state index contributed by atoms with van der Waals surface area (Å²) in [5.41, 5.74) is 4.25. The first-order chi connectivity index (χ1) is 13.5. The van der Waals surface area contributed by atoms with Crippen LogP contribution in [0.25, 0.3) is 28.3 Å². The fourth-order valence-electron chi connectivity index (χ4n) is 3.12. The molecule has 0 fully saturated rings. The second kappa shape index (κ2) is 9.34. The zero-order valence-corrected chi connectivity index (χ0v) is 16.0. The van der Waals surface area contributed by atoms with Crippen LogP contribution in [-0.4, -0.2) is 16.3 Å². The molecule has 3 heteroatoms. The van der Waals surface area contributed by atoms with Crippen molar-refractivity contribution < 1.29 is 14.6 Å². The fraction of sp³-hybridized carbons (Fsp3) is 0.200. The van der Waals surface area contributed by atoms with Crippen molar-refractivity contribution in [2.45, 2.75) is 32.3 Å². The van der Waals surface area contributed by atoms with Gasteiger partial charge in [-0.05, 0) is 66.6 Å². The van der Waals surface area contributed by atoms with E-state index in [4.69, 9.17) is 0 Å². The van der Waals surface area contributed by atoms with Crippen LogP contribution >= 0.6 is 0 Å². The van der Waals surface area contributed by atoms with E-state index in [9.17, 15) is 14.6 Å². The molecule has 1 unspecified atom stereocenters. The first-order valence-corrected chi connectivity index (χ1v) is 9.57. The molecule has 0 aliphatic rings. The Hall–Kier alpha value is -2.91. The van der Waals surface area contributed by atoms with Gasteiger partial charge in [0, 0.05) is 5.56 Å². The molecule has 0 saturated carbocycles. The van der Waals surface area contributed by atoms with E-state index in [-0.39, 0.29) is 17.7 Å². The standard InChI is InChI=1S/C25H25FO2/c1-18(27)5-3-2-4-6-19-7-16-24(25(26)17-19)22-10-8-20(9-11-22)21-12-14-23(28)15-13-21/h4,6-18,27-28H,2-3,5H2,1H3/b6-4+. The van der Waals surface area contributed by atoms with Crippen molar-refractivity contribution >= 4 is 6.08 Å². The van der Waals surface area contributed by atoms with E-state index < -0.39 is 0 Å². The van der Waals surface area contributed by atoms with Crippen molar-refractivity contribution in [3.63, 3.8) is 0 Å². The van der Waals surface area contributed by atoms with Crippen LogP contribution in [0.1, 0.15) is 31.7 Å². The second-order valence-corrected chi connectivity index (χ2v) is 7.05. The summed E-state index contributed by atoms with van der Waals surface area (Å²) in [5.74, 6) is -0.0111. The third kappa shape index (κ3) is 5.30. The predicted molar refractivity (Wildman–Crippen MR) is 114 cm³/mol. The van der Waals surface area contributed by atoms with Crippen molar-refractivity contribution in [2.24, 2.45) is 0 Å². The van der Waals surface area contributed by atoms with Gasteiger partial charge in [-0.25, -0.2) is 4.39 Å². The molecule has 1 atom stereocenters. The summed E-state index contributed by atoms with van der Waals surface area (Å²) in [6.45, 7) is 1.79. The van der Waals surface area contributed by atoms with E-state index in [1.165, 1.54) is 0 Å². The van der Waals surface area contributed by atoms with Crippen molar-refractivity contribution in [3.8, 4) is 28.0 Å². The van der Waals surface area contributed by atoms with E-state index in [1.807, 2.05) is 54.6 Å². The largest absolute Gasteiger partial charge is 0.508 e. The summed E-state index contributed by atoms with van der Waals surface area (Å²) in [5, 5.41) is 18.6. The second-order valence-electron chi connectivity index (χ2n) is 7.05. The Labute approximate surface area is 165 Å². The molecule has 0 amide bonds. The van der Waals surface area contributed by atoms with Crippen molar-refractivity contribution in [1.29, 1.82) is 0 Å². The van der Waals surface area contributed by atoms with E-state index in [2.05, 4.69) is 0 Å². The zero-order valence-electron chi connectivity index (χ0n) is 16.0. The SMILES string of the molecule is CC(O)CCC/C=C/c1ccc(-c2ccc(-c3ccc(O)cc3)cc2)c(F)c1. The van der Waals surface area contributed by atoms with E-state index in [0.717, 1.165) is 41.5 Å². The van der Waals surface area contributed by atoms with Gasteiger partial charge in [0.1, 0.15) is 11.6 Å². The van der Waals surface area contributed by atoms with E-state index in [1.54, 1.807) is 31.2 Å². The lowest BCUT2D eigenvalue weighted by Gasteiger charge is -2.07. The molecule has 0 aromatic heterocycles. The van der Waals surface area contributed by atoms with Gasteiger partial charge in [-0.3, -0.25) is 0 Å². The van der Waals surface area contributed by atoms with Crippen LogP contribution in [0, 0.1) is 5.82 Å². The maximum atomic E-state index is 14.6. The van der Waals surface area contributed by atoms with Gasteiger partial charge in [-0.15, -0.1) is 0 Å². The lowest BCUT2D eigenvalue weighted by atomic mass is 9.99. The maximum absolute atomic E-state index is 14.6. The van der Waals surface area contributed by atoms with Gasteiger partial charge in [-0.2, -0.15) is 0 Å². The number of aromatic hydroxyl groups is 1. The normalized spacial score (nSPS) is 12.4. The number of benzene rings is 3. The van der Waals surface area contributed by atoms with Crippen LogP contribution in [0.4, 0.5) is 4.39 Å². The molecule has 3 aromatic carbocycles. The highest BCUT2D eigenvalue weighted by atomic mass is 19.1. The quantitative estimate of drug-likeness (QED) is 0.467. The van der Waals surface area contributed by atoms with Crippen LogP contribution in [0.2, 0.25) is 0 Å². The minimum atomic E-state index is -0.273. The van der Waals surface area contributed by atoms with Gasteiger partial charge in [-0.1, -0.05) is 60.7 Å². The van der Waals surface area contributed by atoms with Gasteiger partial charge in [0.2, 0.25) is 0 Å². The van der Waals surface area contributed by atoms with Crippen LogP contribution in [-0.2, 0) is 0 Å². The predicted octanol–water partition coefficient (Wildman–Crippen LogP) is 6.43. The van der Waals surface area contributed by atoms with Crippen LogP contribution in [0.15, 0.2) is 72.8 Å². The third-order valence-corrected chi connectivity index (χ3v) is 4.69. The summed E-state index contributed by atoms with van der Waals surface area (Å²) in [6, 6.07) is 20.0. The zero-order chi connectivity index (χ0) is 19.9. The number of rotatable bonds is 7. The smallest absolute Gasteiger partial charge is 0.131 e. The number of phenolic OH excluding ortho intramolecular Hbond substituents is 1. The summed E-state index contributed by atoms with van der Waals surface area (Å²) >= 11 is 0. The minimum absolute atomic E-state index is 0.236. The van der Waals surface area contributed by atoms with Crippen molar-refractivity contribution in [3.05, 3.63) is 84.2 Å². The average molecular weight is 376 g/mol. The topological polar surface area (TPSA) is 40.5 Å². The molecular weight excluding hydrogens is 351 g/mol. The maximum Gasteiger partial charge on any atom is 0.131 e. The molecule has 144 valence electrons. The third-order valence-electron chi connectivity index (χ3n) is 4.69. The Morgan fingerprint density at radius 3 is 2.11 bits per heavy atom. The number of hydrogen-bond acceptors (Lipinski definition) is 2. The highest BCUT2D eigenvalue weighted by Crippen LogP contribution is 2.28. The summed E-state index contributed by atoms with van der Waals surface area (Å²) < 4.78 is 14.6. The molecule has 2 N–H and O–H groups in total. The Kier molecular flexibility index (Phi) is 6.62. The number of unbranched alkanes of at least 4 members (excludes halogenated alkanes) is 1. The molecule has 28 heavy (non-hydrogen) atoms. The monoisotopic (exact) mass is 376 g/mol. The minimum Gasteiger partial charge on any atom is -0.508 e. The molecule has 0 bridgehead atoms. The van der Waals surface area contributed by atoms with Gasteiger partial charge in [0.05, 0.1) is 6.10 Å². The molecule has 0 radical (unpaired) electrons. The number of aliphatic hydroxyl groups is 1. The Morgan fingerprint density at radius 1 is 0.893 bits per heavy atom. The lowest BCUT2D eigenvalue weighted by Crippen LogP contribution is -1.97. The molecule has 0 saturated heterocycles. The van der Waals surface area contributed by atoms with E-state index >= 15 is 0 Å². The molecule has 3 aromatic rings. The number of phenols is 1. The molecule has 2 nitrogen and oxygen atoms in total. The molecule has 0 aliphatic heterocycles. The van der Waals surface area contributed by atoms with Gasteiger partial charge in [0.15, 0.2) is 0 Å². The molecular formula is C25H25FO2. The highest BCUT2D eigenvalue weighted by Gasteiger charge is 2.06. The Balaban J connectivity index is 1.70. The number of halogens is 1. The van der Waals surface area contributed by atoms with Gasteiger partial charge >= 0.3 is 0 Å². The van der Waals surface area contributed by atoms with Crippen molar-refractivity contribution in [2.75, 3.05) is 0 Å². The van der Waals surface area contributed by atoms with Crippen molar-refractivity contribution in [1.82, 2.24) is 0 Å². The molecule has 0 heterocycles. The first kappa shape index (κ1) is 19.8. The molecule has 0 aliphatic carbocycles. The Bertz CT molecular complexity index is 926. The number of hydrogen-bond donors (Lipinski definition) is 2. The summed E-state index contributed by atoms with van der Waals surface area (Å²) in [4.78, 5) is 0. The van der Waals surface area contributed by atoms with Crippen LogP contribution < -0.4 is 0 Å².